The van der Waals surface area contributed by atoms with Crippen molar-refractivity contribution in [3.8, 4) is 5.75 Å². The predicted octanol–water partition coefficient (Wildman–Crippen LogP) is 2.74. The third kappa shape index (κ3) is 5.91. The fourth-order valence-corrected chi connectivity index (χ4v) is 3.83. The Labute approximate surface area is 193 Å². The highest BCUT2D eigenvalue weighted by Gasteiger charge is 2.29. The van der Waals surface area contributed by atoms with Gasteiger partial charge in [0.1, 0.15) is 18.1 Å². The van der Waals surface area contributed by atoms with Crippen LogP contribution >= 0.6 is 0 Å². The summed E-state index contributed by atoms with van der Waals surface area (Å²) in [6.07, 6.45) is 1.14. The molecule has 1 saturated heterocycles. The number of piperidine rings is 1. The van der Waals surface area contributed by atoms with Crippen LogP contribution in [0.1, 0.15) is 47.1 Å². The van der Waals surface area contributed by atoms with Gasteiger partial charge >= 0.3 is 5.97 Å². The van der Waals surface area contributed by atoms with E-state index in [9.17, 15) is 14.4 Å². The first-order valence-corrected chi connectivity index (χ1v) is 11.1. The van der Waals surface area contributed by atoms with Gasteiger partial charge in [-0.05, 0) is 45.7 Å². The van der Waals surface area contributed by atoms with Gasteiger partial charge in [-0.3, -0.25) is 14.4 Å². The van der Waals surface area contributed by atoms with Gasteiger partial charge in [-0.25, -0.2) is 0 Å². The summed E-state index contributed by atoms with van der Waals surface area (Å²) in [6, 6.07) is 6.95. The second-order valence-electron chi connectivity index (χ2n) is 8.16. The maximum absolute atomic E-state index is 13.1. The molecule has 0 N–H and O–H groups in total. The molecule has 3 rings (SSSR count). The number of para-hydroxylation sites is 1. The molecule has 1 aliphatic rings. The van der Waals surface area contributed by atoms with Crippen molar-refractivity contribution in [2.75, 3.05) is 33.3 Å². The summed E-state index contributed by atoms with van der Waals surface area (Å²) in [5, 5.41) is 3.92. The lowest BCUT2D eigenvalue weighted by Crippen LogP contribution is -2.45. The lowest BCUT2D eigenvalue weighted by Gasteiger charge is -2.32. The lowest BCUT2D eigenvalue weighted by atomic mass is 9.97. The SMILES string of the molecule is CCOC(=O)C1CCN(C(=O)CN(C)C(=O)c2ccccc2OCc2c(C)noc2C)CC1. The summed E-state index contributed by atoms with van der Waals surface area (Å²) in [4.78, 5) is 40.8. The van der Waals surface area contributed by atoms with Gasteiger partial charge in [-0.2, -0.15) is 0 Å². The fraction of sp³-hybridized carbons (Fsp3) is 0.500. The van der Waals surface area contributed by atoms with Crippen LogP contribution in [0.5, 0.6) is 5.75 Å². The third-order valence-electron chi connectivity index (χ3n) is 5.86. The average molecular weight is 458 g/mol. The molecule has 2 heterocycles. The van der Waals surface area contributed by atoms with Gasteiger partial charge < -0.3 is 23.8 Å². The number of carbonyl (C=O) groups excluding carboxylic acids is 3. The first-order valence-electron chi connectivity index (χ1n) is 11.1. The van der Waals surface area contributed by atoms with Crippen molar-refractivity contribution in [3.63, 3.8) is 0 Å². The largest absolute Gasteiger partial charge is 0.488 e. The van der Waals surface area contributed by atoms with Crippen LogP contribution in [0.2, 0.25) is 0 Å². The number of ether oxygens (including phenoxy) is 2. The Morgan fingerprint density at radius 2 is 1.88 bits per heavy atom. The van der Waals surface area contributed by atoms with E-state index < -0.39 is 0 Å². The number of likely N-dealkylation sites (N-methyl/N-ethyl adjacent to an activating group) is 1. The normalized spacial score (nSPS) is 14.1. The van der Waals surface area contributed by atoms with E-state index in [1.54, 1.807) is 43.1 Å². The number of amides is 2. The quantitative estimate of drug-likeness (QED) is 0.562. The predicted molar refractivity (Wildman–Crippen MR) is 120 cm³/mol. The van der Waals surface area contributed by atoms with Gasteiger partial charge in [0, 0.05) is 20.1 Å². The molecule has 1 aromatic carbocycles. The molecule has 0 saturated carbocycles. The topological polar surface area (TPSA) is 102 Å². The lowest BCUT2D eigenvalue weighted by molar-refractivity contribution is -0.151. The zero-order valence-corrected chi connectivity index (χ0v) is 19.6. The number of aryl methyl sites for hydroxylation is 2. The molecule has 0 aliphatic carbocycles. The number of carbonyl (C=O) groups is 3. The molecule has 0 atom stereocenters. The van der Waals surface area contributed by atoms with Crippen molar-refractivity contribution < 1.29 is 28.4 Å². The molecule has 0 bridgehead atoms. The van der Waals surface area contributed by atoms with Crippen LogP contribution in [-0.2, 0) is 20.9 Å². The molecule has 0 spiro atoms. The molecule has 0 radical (unpaired) electrons. The maximum Gasteiger partial charge on any atom is 0.309 e. The molecule has 0 unspecified atom stereocenters. The van der Waals surface area contributed by atoms with Gasteiger partial charge in [-0.1, -0.05) is 17.3 Å². The molecule has 178 valence electrons. The van der Waals surface area contributed by atoms with Gasteiger partial charge in [0.05, 0.1) is 35.9 Å². The second-order valence-corrected chi connectivity index (χ2v) is 8.16. The Morgan fingerprint density at radius 3 is 2.52 bits per heavy atom. The van der Waals surface area contributed by atoms with E-state index >= 15 is 0 Å². The summed E-state index contributed by atoms with van der Waals surface area (Å²) in [6.45, 7) is 6.90. The van der Waals surface area contributed by atoms with E-state index in [0.717, 1.165) is 11.3 Å². The van der Waals surface area contributed by atoms with Gasteiger partial charge in [0.15, 0.2) is 0 Å². The Morgan fingerprint density at radius 1 is 1.18 bits per heavy atom. The van der Waals surface area contributed by atoms with Crippen molar-refractivity contribution in [1.29, 1.82) is 0 Å². The highest BCUT2D eigenvalue weighted by molar-refractivity contribution is 5.98. The van der Waals surface area contributed by atoms with E-state index in [1.807, 2.05) is 13.8 Å². The van der Waals surface area contributed by atoms with Crippen molar-refractivity contribution in [3.05, 3.63) is 46.8 Å². The zero-order chi connectivity index (χ0) is 24.0. The Hall–Kier alpha value is -3.36. The van der Waals surface area contributed by atoms with Crippen LogP contribution in [-0.4, -0.2) is 66.0 Å². The van der Waals surface area contributed by atoms with Crippen LogP contribution in [0.3, 0.4) is 0 Å². The minimum Gasteiger partial charge on any atom is -0.488 e. The van der Waals surface area contributed by atoms with Crippen LogP contribution < -0.4 is 4.74 Å². The summed E-state index contributed by atoms with van der Waals surface area (Å²) in [7, 11) is 1.59. The fourth-order valence-electron chi connectivity index (χ4n) is 3.83. The number of rotatable bonds is 8. The molecule has 2 aromatic rings. The average Bonchev–Trinajstić information content (AvgIpc) is 3.14. The molecular formula is C24H31N3O6. The molecule has 9 heteroatoms. The van der Waals surface area contributed by atoms with Crippen LogP contribution in [0.25, 0.3) is 0 Å². The number of likely N-dealkylation sites (tertiary alicyclic amines) is 1. The van der Waals surface area contributed by atoms with E-state index in [1.165, 1.54) is 4.90 Å². The third-order valence-corrected chi connectivity index (χ3v) is 5.86. The maximum atomic E-state index is 13.1. The number of benzene rings is 1. The van der Waals surface area contributed by atoms with E-state index in [-0.39, 0.29) is 36.9 Å². The first-order chi connectivity index (χ1) is 15.8. The number of aromatic nitrogens is 1. The van der Waals surface area contributed by atoms with Crippen molar-refractivity contribution >= 4 is 17.8 Å². The standard InChI is InChI=1S/C24H31N3O6/c1-5-31-24(30)18-10-12-27(13-11-18)22(28)14-26(4)23(29)19-8-6-7-9-21(19)32-15-20-16(2)25-33-17(20)3/h6-9,18H,5,10-15H2,1-4H3. The number of hydrogen-bond acceptors (Lipinski definition) is 7. The van der Waals surface area contributed by atoms with Gasteiger partial charge in [-0.15, -0.1) is 0 Å². The highest BCUT2D eigenvalue weighted by Crippen LogP contribution is 2.23. The van der Waals surface area contributed by atoms with E-state index in [4.69, 9.17) is 14.0 Å². The highest BCUT2D eigenvalue weighted by atomic mass is 16.5. The molecule has 1 aromatic heterocycles. The van der Waals surface area contributed by atoms with Gasteiger partial charge in [0.2, 0.25) is 5.91 Å². The molecule has 1 fully saturated rings. The van der Waals surface area contributed by atoms with Crippen LogP contribution in [0.15, 0.2) is 28.8 Å². The Balaban J connectivity index is 1.58. The summed E-state index contributed by atoms with van der Waals surface area (Å²) in [5.41, 5.74) is 1.96. The molecule has 2 amide bonds. The number of hydrogen-bond donors (Lipinski definition) is 0. The van der Waals surface area contributed by atoms with Crippen molar-refractivity contribution in [2.45, 2.75) is 40.2 Å². The first kappa shape index (κ1) is 24.3. The second kappa shape index (κ2) is 11.0. The number of esters is 1. The molecule has 33 heavy (non-hydrogen) atoms. The summed E-state index contributed by atoms with van der Waals surface area (Å²) in [5.74, 6) is 0.268. The Bertz CT molecular complexity index is 974. The minimum absolute atomic E-state index is 0.0545. The van der Waals surface area contributed by atoms with Gasteiger partial charge in [0.25, 0.3) is 5.91 Å². The van der Waals surface area contributed by atoms with Crippen molar-refractivity contribution in [2.24, 2.45) is 5.92 Å². The summed E-state index contributed by atoms with van der Waals surface area (Å²) < 4.78 is 16.1. The van der Waals surface area contributed by atoms with Crippen LogP contribution in [0.4, 0.5) is 0 Å². The Kier molecular flexibility index (Phi) is 8.08. The van der Waals surface area contributed by atoms with Crippen LogP contribution in [0, 0.1) is 19.8 Å². The van der Waals surface area contributed by atoms with E-state index in [0.29, 0.717) is 49.6 Å². The van der Waals surface area contributed by atoms with Crippen molar-refractivity contribution in [1.82, 2.24) is 15.0 Å². The monoisotopic (exact) mass is 457 g/mol. The molecule has 1 aliphatic heterocycles. The molecule has 9 nitrogen and oxygen atoms in total. The van der Waals surface area contributed by atoms with E-state index in [2.05, 4.69) is 5.16 Å². The zero-order valence-electron chi connectivity index (χ0n) is 19.6. The molecular weight excluding hydrogens is 426 g/mol. The smallest absolute Gasteiger partial charge is 0.309 e. The number of nitrogens with zero attached hydrogens (tertiary/aromatic N) is 3. The summed E-state index contributed by atoms with van der Waals surface area (Å²) >= 11 is 0. The minimum atomic E-state index is -0.306.